The van der Waals surface area contributed by atoms with Crippen molar-refractivity contribution in [2.45, 2.75) is 32.3 Å². The van der Waals surface area contributed by atoms with Crippen molar-refractivity contribution in [3.8, 4) is 11.5 Å². The highest BCUT2D eigenvalue weighted by molar-refractivity contribution is 5.49. The van der Waals surface area contributed by atoms with Gasteiger partial charge in [-0.25, -0.2) is 0 Å². The predicted octanol–water partition coefficient (Wildman–Crippen LogP) is 2.71. The summed E-state index contributed by atoms with van der Waals surface area (Å²) in [5.74, 6) is 1.27. The molecule has 90 valence electrons. The summed E-state index contributed by atoms with van der Waals surface area (Å²) in [4.78, 5) is 0. The summed E-state index contributed by atoms with van der Waals surface area (Å²) in [7, 11) is 3.19. The van der Waals surface area contributed by atoms with E-state index in [2.05, 4.69) is 0 Å². The van der Waals surface area contributed by atoms with Gasteiger partial charge in [0.2, 0.25) is 0 Å². The van der Waals surface area contributed by atoms with Crippen LogP contribution in [0.25, 0.3) is 0 Å². The Hall–Kier alpha value is -1.22. The molecule has 16 heavy (non-hydrogen) atoms. The molecule has 1 aromatic rings. The minimum atomic E-state index is -0.847. The minimum absolute atomic E-state index is 0.621. The van der Waals surface area contributed by atoms with E-state index in [4.69, 9.17) is 9.47 Å². The SMILES string of the molecule is CCC(O)(CC)c1cccc(OC)c1OC. The Bertz CT molecular complexity index is 343. The third-order valence-corrected chi connectivity index (χ3v) is 3.07. The zero-order valence-corrected chi connectivity index (χ0v) is 10.4. The number of hydrogen-bond acceptors (Lipinski definition) is 3. The lowest BCUT2D eigenvalue weighted by Crippen LogP contribution is -2.24. The summed E-state index contributed by atoms with van der Waals surface area (Å²) in [6.07, 6.45) is 1.29. The summed E-state index contributed by atoms with van der Waals surface area (Å²) >= 11 is 0. The van der Waals surface area contributed by atoms with E-state index >= 15 is 0 Å². The Morgan fingerprint density at radius 2 is 1.75 bits per heavy atom. The second-order valence-corrected chi connectivity index (χ2v) is 3.78. The molecule has 0 aliphatic carbocycles. The third-order valence-electron chi connectivity index (χ3n) is 3.07. The molecular formula is C13H20O3. The van der Waals surface area contributed by atoms with Gasteiger partial charge in [-0.05, 0) is 18.9 Å². The molecule has 0 fully saturated rings. The lowest BCUT2D eigenvalue weighted by Gasteiger charge is -2.28. The van der Waals surface area contributed by atoms with Gasteiger partial charge in [0.25, 0.3) is 0 Å². The van der Waals surface area contributed by atoms with Crippen LogP contribution in [0.1, 0.15) is 32.3 Å². The van der Waals surface area contributed by atoms with E-state index in [9.17, 15) is 5.11 Å². The molecule has 0 radical (unpaired) electrons. The number of methoxy groups -OCH3 is 2. The zero-order chi connectivity index (χ0) is 12.2. The second-order valence-electron chi connectivity index (χ2n) is 3.78. The molecular weight excluding hydrogens is 204 g/mol. The monoisotopic (exact) mass is 224 g/mol. The molecule has 3 heteroatoms. The van der Waals surface area contributed by atoms with E-state index in [1.165, 1.54) is 0 Å². The molecule has 0 heterocycles. The van der Waals surface area contributed by atoms with Crippen molar-refractivity contribution < 1.29 is 14.6 Å². The Balaban J connectivity index is 3.32. The van der Waals surface area contributed by atoms with E-state index < -0.39 is 5.60 Å². The van der Waals surface area contributed by atoms with Crippen LogP contribution >= 0.6 is 0 Å². The molecule has 0 spiro atoms. The molecule has 0 saturated heterocycles. The Morgan fingerprint density at radius 3 is 2.19 bits per heavy atom. The molecule has 0 bridgehead atoms. The summed E-state index contributed by atoms with van der Waals surface area (Å²) in [6, 6.07) is 5.58. The molecule has 0 unspecified atom stereocenters. The van der Waals surface area contributed by atoms with Crippen molar-refractivity contribution in [3.05, 3.63) is 23.8 Å². The molecule has 3 nitrogen and oxygen atoms in total. The molecule has 1 rings (SSSR count). The molecule has 0 aliphatic heterocycles. The molecule has 1 N–H and O–H groups in total. The number of hydrogen-bond donors (Lipinski definition) is 1. The van der Waals surface area contributed by atoms with Crippen molar-refractivity contribution >= 4 is 0 Å². The van der Waals surface area contributed by atoms with Crippen LogP contribution in [0.3, 0.4) is 0 Å². The quantitative estimate of drug-likeness (QED) is 0.835. The highest BCUT2D eigenvalue weighted by atomic mass is 16.5. The van der Waals surface area contributed by atoms with Crippen LogP contribution < -0.4 is 9.47 Å². The van der Waals surface area contributed by atoms with Crippen LogP contribution in [0, 0.1) is 0 Å². The summed E-state index contributed by atoms with van der Waals surface area (Å²) in [6.45, 7) is 3.92. The van der Waals surface area contributed by atoms with E-state index in [1.54, 1.807) is 14.2 Å². The number of rotatable bonds is 5. The smallest absolute Gasteiger partial charge is 0.166 e. The van der Waals surface area contributed by atoms with Crippen LogP contribution in [0.5, 0.6) is 11.5 Å². The van der Waals surface area contributed by atoms with Crippen LogP contribution in [0.2, 0.25) is 0 Å². The van der Waals surface area contributed by atoms with Gasteiger partial charge in [0, 0.05) is 5.56 Å². The van der Waals surface area contributed by atoms with Gasteiger partial charge >= 0.3 is 0 Å². The molecule has 0 saturated carbocycles. The maximum absolute atomic E-state index is 10.5. The lowest BCUT2D eigenvalue weighted by molar-refractivity contribution is 0.0257. The molecule has 0 aromatic heterocycles. The van der Waals surface area contributed by atoms with Crippen LogP contribution in [-0.2, 0) is 5.60 Å². The summed E-state index contributed by atoms with van der Waals surface area (Å²) in [5, 5.41) is 10.5. The van der Waals surface area contributed by atoms with Gasteiger partial charge in [0.15, 0.2) is 11.5 Å². The lowest BCUT2D eigenvalue weighted by atomic mass is 9.88. The van der Waals surface area contributed by atoms with Gasteiger partial charge in [0.1, 0.15) is 0 Å². The molecule has 0 aliphatic rings. The van der Waals surface area contributed by atoms with Crippen molar-refractivity contribution in [1.82, 2.24) is 0 Å². The fourth-order valence-corrected chi connectivity index (χ4v) is 1.88. The maximum atomic E-state index is 10.5. The Kier molecular flexibility index (Phi) is 4.19. The van der Waals surface area contributed by atoms with E-state index in [0.717, 1.165) is 5.56 Å². The van der Waals surface area contributed by atoms with Gasteiger partial charge in [-0.2, -0.15) is 0 Å². The Morgan fingerprint density at radius 1 is 1.12 bits per heavy atom. The number of benzene rings is 1. The fraction of sp³-hybridized carbons (Fsp3) is 0.538. The van der Waals surface area contributed by atoms with Crippen LogP contribution in [0.4, 0.5) is 0 Å². The van der Waals surface area contributed by atoms with E-state index in [-0.39, 0.29) is 0 Å². The summed E-state index contributed by atoms with van der Waals surface area (Å²) in [5.41, 5.74) is -0.0563. The van der Waals surface area contributed by atoms with Crippen molar-refractivity contribution in [1.29, 1.82) is 0 Å². The second kappa shape index (κ2) is 5.21. The first-order valence-electron chi connectivity index (χ1n) is 5.56. The van der Waals surface area contributed by atoms with Crippen molar-refractivity contribution in [3.63, 3.8) is 0 Å². The van der Waals surface area contributed by atoms with Gasteiger partial charge in [0.05, 0.1) is 19.8 Å². The normalized spacial score (nSPS) is 11.3. The third kappa shape index (κ3) is 2.14. The average Bonchev–Trinajstić information content (AvgIpc) is 2.36. The van der Waals surface area contributed by atoms with Gasteiger partial charge in [-0.15, -0.1) is 0 Å². The fourth-order valence-electron chi connectivity index (χ4n) is 1.88. The first-order valence-corrected chi connectivity index (χ1v) is 5.56. The van der Waals surface area contributed by atoms with Gasteiger partial charge in [-0.3, -0.25) is 0 Å². The predicted molar refractivity (Wildman–Crippen MR) is 64.0 cm³/mol. The van der Waals surface area contributed by atoms with Gasteiger partial charge in [-0.1, -0.05) is 26.0 Å². The highest BCUT2D eigenvalue weighted by Crippen LogP contribution is 2.40. The molecule has 0 amide bonds. The number of ether oxygens (including phenoxy) is 2. The first kappa shape index (κ1) is 12.8. The summed E-state index contributed by atoms with van der Waals surface area (Å²) < 4.78 is 10.6. The van der Waals surface area contributed by atoms with E-state index in [1.807, 2.05) is 32.0 Å². The number of aliphatic hydroxyl groups is 1. The van der Waals surface area contributed by atoms with Crippen molar-refractivity contribution in [2.75, 3.05) is 14.2 Å². The van der Waals surface area contributed by atoms with Gasteiger partial charge < -0.3 is 14.6 Å². The maximum Gasteiger partial charge on any atom is 0.166 e. The van der Waals surface area contributed by atoms with E-state index in [0.29, 0.717) is 24.3 Å². The minimum Gasteiger partial charge on any atom is -0.493 e. The highest BCUT2D eigenvalue weighted by Gasteiger charge is 2.29. The molecule has 1 aromatic carbocycles. The van der Waals surface area contributed by atoms with Crippen LogP contribution in [-0.4, -0.2) is 19.3 Å². The standard InChI is InChI=1S/C13H20O3/c1-5-13(14,6-2)10-8-7-9-11(15-3)12(10)16-4/h7-9,14H,5-6H2,1-4H3. The van der Waals surface area contributed by atoms with Crippen molar-refractivity contribution in [2.24, 2.45) is 0 Å². The zero-order valence-electron chi connectivity index (χ0n) is 10.4. The largest absolute Gasteiger partial charge is 0.493 e. The molecule has 0 atom stereocenters. The Labute approximate surface area is 97.0 Å². The topological polar surface area (TPSA) is 38.7 Å². The number of para-hydroxylation sites is 1. The first-order chi connectivity index (χ1) is 7.62. The van der Waals surface area contributed by atoms with Crippen LogP contribution in [0.15, 0.2) is 18.2 Å². The average molecular weight is 224 g/mol.